The Morgan fingerprint density at radius 1 is 1.05 bits per heavy atom. The summed E-state index contributed by atoms with van der Waals surface area (Å²) in [4.78, 5) is 16.4. The lowest BCUT2D eigenvalue weighted by Crippen LogP contribution is -2.49. The molecule has 5 heteroatoms. The van der Waals surface area contributed by atoms with Gasteiger partial charge in [0.05, 0.1) is 12.7 Å². The number of nitrogens with zero attached hydrogens (tertiary/aromatic N) is 2. The van der Waals surface area contributed by atoms with Crippen molar-refractivity contribution < 1.29 is 15.0 Å². The number of hydrogen-bond donors (Lipinski definition) is 2. The summed E-state index contributed by atoms with van der Waals surface area (Å²) in [6, 6.07) is 0.111. The molecular formula is C16H28N2O3. The first-order chi connectivity index (χ1) is 10.2. The maximum absolute atomic E-state index is 12.0. The molecule has 0 spiro atoms. The number of aliphatic hydroxyl groups is 2. The third-order valence-corrected chi connectivity index (χ3v) is 5.37. The van der Waals surface area contributed by atoms with E-state index >= 15 is 0 Å². The van der Waals surface area contributed by atoms with Crippen LogP contribution in [0.5, 0.6) is 0 Å². The van der Waals surface area contributed by atoms with Crippen LogP contribution in [0.25, 0.3) is 0 Å². The molecule has 1 aliphatic carbocycles. The van der Waals surface area contributed by atoms with Gasteiger partial charge in [0.1, 0.15) is 0 Å². The van der Waals surface area contributed by atoms with Gasteiger partial charge in [0.25, 0.3) is 0 Å². The number of hydrogen-bond acceptors (Lipinski definition) is 4. The largest absolute Gasteiger partial charge is 0.395 e. The summed E-state index contributed by atoms with van der Waals surface area (Å²) in [5.41, 5.74) is 0. The van der Waals surface area contributed by atoms with E-state index in [0.29, 0.717) is 24.2 Å². The van der Waals surface area contributed by atoms with Gasteiger partial charge in [-0.2, -0.15) is 0 Å². The van der Waals surface area contributed by atoms with Crippen LogP contribution in [-0.2, 0) is 4.79 Å². The van der Waals surface area contributed by atoms with Crippen molar-refractivity contribution in [3.8, 4) is 0 Å². The van der Waals surface area contributed by atoms with Crippen molar-refractivity contribution in [1.29, 1.82) is 0 Å². The Morgan fingerprint density at radius 3 is 2.38 bits per heavy atom. The van der Waals surface area contributed by atoms with Crippen LogP contribution >= 0.6 is 0 Å². The van der Waals surface area contributed by atoms with Crippen LogP contribution in [0.3, 0.4) is 0 Å². The van der Waals surface area contributed by atoms with Gasteiger partial charge in [-0.05, 0) is 44.4 Å². The van der Waals surface area contributed by atoms with Gasteiger partial charge in [0.2, 0.25) is 5.91 Å². The minimum atomic E-state index is -0.253. The first-order valence-corrected chi connectivity index (χ1v) is 8.49. The van der Waals surface area contributed by atoms with Crippen LogP contribution in [-0.4, -0.2) is 70.9 Å². The molecule has 3 aliphatic rings. The van der Waals surface area contributed by atoms with Crippen LogP contribution in [0.4, 0.5) is 0 Å². The molecule has 0 aromatic heterocycles. The average Bonchev–Trinajstić information content (AvgIpc) is 3.34. The van der Waals surface area contributed by atoms with E-state index in [1.165, 1.54) is 0 Å². The third-order valence-electron chi connectivity index (χ3n) is 5.37. The van der Waals surface area contributed by atoms with Gasteiger partial charge in [-0.25, -0.2) is 0 Å². The highest BCUT2D eigenvalue weighted by atomic mass is 16.3. The van der Waals surface area contributed by atoms with Crippen molar-refractivity contribution in [3.05, 3.63) is 0 Å². The summed E-state index contributed by atoms with van der Waals surface area (Å²) in [6.45, 7) is 3.83. The SMILES string of the molecule is O=C(C1CC1)N1CCC(CN2CCC(O)CC2CO)CC1. The molecule has 5 nitrogen and oxygen atoms in total. The summed E-state index contributed by atoms with van der Waals surface area (Å²) in [7, 11) is 0. The van der Waals surface area contributed by atoms with E-state index in [9.17, 15) is 15.0 Å². The lowest BCUT2D eigenvalue weighted by atomic mass is 9.92. The quantitative estimate of drug-likeness (QED) is 0.791. The molecule has 3 fully saturated rings. The predicted molar refractivity (Wildman–Crippen MR) is 79.7 cm³/mol. The van der Waals surface area contributed by atoms with Gasteiger partial charge in [-0.3, -0.25) is 9.69 Å². The zero-order chi connectivity index (χ0) is 14.8. The predicted octanol–water partition coefficient (Wildman–Crippen LogP) is 0.453. The highest BCUT2D eigenvalue weighted by Crippen LogP contribution is 2.32. The molecule has 2 aliphatic heterocycles. The Hall–Kier alpha value is -0.650. The van der Waals surface area contributed by atoms with Gasteiger partial charge in [-0.1, -0.05) is 0 Å². The number of piperidine rings is 2. The second kappa shape index (κ2) is 6.63. The number of rotatable bonds is 4. The molecule has 3 rings (SSSR count). The fraction of sp³-hybridized carbons (Fsp3) is 0.938. The van der Waals surface area contributed by atoms with Gasteiger partial charge in [-0.15, -0.1) is 0 Å². The maximum atomic E-state index is 12.0. The normalized spacial score (nSPS) is 32.4. The van der Waals surface area contributed by atoms with Crippen molar-refractivity contribution >= 4 is 5.91 Å². The summed E-state index contributed by atoms with van der Waals surface area (Å²) < 4.78 is 0. The molecule has 21 heavy (non-hydrogen) atoms. The molecule has 2 heterocycles. The Labute approximate surface area is 126 Å². The first-order valence-electron chi connectivity index (χ1n) is 8.49. The van der Waals surface area contributed by atoms with E-state index in [-0.39, 0.29) is 18.8 Å². The molecule has 2 unspecified atom stereocenters. The maximum Gasteiger partial charge on any atom is 0.225 e. The molecular weight excluding hydrogens is 268 g/mol. The average molecular weight is 296 g/mol. The monoisotopic (exact) mass is 296 g/mol. The highest BCUT2D eigenvalue weighted by molar-refractivity contribution is 5.81. The Bertz CT molecular complexity index is 365. The van der Waals surface area contributed by atoms with E-state index in [0.717, 1.165) is 58.3 Å². The lowest BCUT2D eigenvalue weighted by Gasteiger charge is -2.41. The van der Waals surface area contributed by atoms with Crippen LogP contribution in [0.2, 0.25) is 0 Å². The molecule has 2 N–H and O–H groups in total. The molecule has 1 saturated carbocycles. The minimum absolute atomic E-state index is 0.111. The van der Waals surface area contributed by atoms with Gasteiger partial charge in [0, 0.05) is 38.1 Å². The van der Waals surface area contributed by atoms with Crippen LogP contribution < -0.4 is 0 Å². The highest BCUT2D eigenvalue weighted by Gasteiger charge is 2.35. The number of amides is 1. The van der Waals surface area contributed by atoms with E-state index in [4.69, 9.17) is 0 Å². The van der Waals surface area contributed by atoms with Crippen molar-refractivity contribution in [2.75, 3.05) is 32.8 Å². The van der Waals surface area contributed by atoms with E-state index in [2.05, 4.69) is 9.80 Å². The van der Waals surface area contributed by atoms with Crippen LogP contribution in [0.1, 0.15) is 38.5 Å². The van der Waals surface area contributed by atoms with Crippen molar-refractivity contribution in [1.82, 2.24) is 9.80 Å². The molecule has 0 aromatic carbocycles. The number of aliphatic hydroxyl groups excluding tert-OH is 2. The van der Waals surface area contributed by atoms with E-state index in [1.54, 1.807) is 0 Å². The smallest absolute Gasteiger partial charge is 0.225 e. The zero-order valence-corrected chi connectivity index (χ0v) is 12.8. The van der Waals surface area contributed by atoms with Crippen molar-refractivity contribution in [2.45, 2.75) is 50.7 Å². The fourth-order valence-corrected chi connectivity index (χ4v) is 3.76. The zero-order valence-electron chi connectivity index (χ0n) is 12.8. The summed E-state index contributed by atoms with van der Waals surface area (Å²) in [5.74, 6) is 1.34. The number of carbonyl (C=O) groups excluding carboxylic acids is 1. The van der Waals surface area contributed by atoms with Gasteiger partial charge in [0.15, 0.2) is 0 Å². The number of likely N-dealkylation sites (tertiary alicyclic amines) is 2. The summed E-state index contributed by atoms with van der Waals surface area (Å²) in [5, 5.41) is 19.2. The van der Waals surface area contributed by atoms with Crippen LogP contribution in [0, 0.1) is 11.8 Å². The Balaban J connectivity index is 1.45. The molecule has 0 bridgehead atoms. The standard InChI is InChI=1S/C16H28N2O3/c19-11-14-9-15(20)5-8-18(14)10-12-3-6-17(7-4-12)16(21)13-1-2-13/h12-15,19-20H,1-11H2. The molecule has 120 valence electrons. The Kier molecular flexibility index (Phi) is 4.82. The fourth-order valence-electron chi connectivity index (χ4n) is 3.76. The third kappa shape index (κ3) is 3.76. The van der Waals surface area contributed by atoms with Crippen molar-refractivity contribution in [2.24, 2.45) is 11.8 Å². The van der Waals surface area contributed by atoms with E-state index < -0.39 is 0 Å². The van der Waals surface area contributed by atoms with Gasteiger partial charge < -0.3 is 15.1 Å². The Morgan fingerprint density at radius 2 is 1.76 bits per heavy atom. The lowest BCUT2D eigenvalue weighted by molar-refractivity contribution is -0.134. The van der Waals surface area contributed by atoms with Crippen LogP contribution in [0.15, 0.2) is 0 Å². The van der Waals surface area contributed by atoms with E-state index in [1.807, 2.05) is 0 Å². The molecule has 1 amide bonds. The first kappa shape index (κ1) is 15.3. The summed E-state index contributed by atoms with van der Waals surface area (Å²) in [6.07, 6.45) is 5.59. The molecule has 2 atom stereocenters. The molecule has 0 aromatic rings. The van der Waals surface area contributed by atoms with Gasteiger partial charge >= 0.3 is 0 Å². The topological polar surface area (TPSA) is 64.0 Å². The van der Waals surface area contributed by atoms with Crippen molar-refractivity contribution in [3.63, 3.8) is 0 Å². The molecule has 2 saturated heterocycles. The second-order valence-electron chi connectivity index (χ2n) is 7.05. The molecule has 0 radical (unpaired) electrons. The summed E-state index contributed by atoms with van der Waals surface area (Å²) >= 11 is 0. The second-order valence-corrected chi connectivity index (χ2v) is 7.05. The minimum Gasteiger partial charge on any atom is -0.395 e. The number of carbonyl (C=O) groups is 1.